The summed E-state index contributed by atoms with van der Waals surface area (Å²) in [4.78, 5) is 12.2. The summed E-state index contributed by atoms with van der Waals surface area (Å²) >= 11 is 0. The Balaban J connectivity index is 1.96. The van der Waals surface area contributed by atoms with E-state index in [4.69, 9.17) is 5.26 Å². The van der Waals surface area contributed by atoms with E-state index in [9.17, 15) is 9.18 Å². The van der Waals surface area contributed by atoms with Gasteiger partial charge in [-0.05, 0) is 30.3 Å². The maximum absolute atomic E-state index is 13.2. The van der Waals surface area contributed by atoms with Gasteiger partial charge in [-0.25, -0.2) is 4.39 Å². The van der Waals surface area contributed by atoms with Crippen LogP contribution in [0.1, 0.15) is 15.9 Å². The molecule has 0 unspecified atom stereocenters. The summed E-state index contributed by atoms with van der Waals surface area (Å²) in [6.45, 7) is 0.113. The predicted molar refractivity (Wildman–Crippen MR) is 77.4 cm³/mol. The molecule has 0 atom stereocenters. The Labute approximate surface area is 120 Å². The van der Waals surface area contributed by atoms with Crippen molar-refractivity contribution in [3.8, 4) is 6.07 Å². The van der Waals surface area contributed by atoms with Crippen LogP contribution in [0.15, 0.2) is 54.7 Å². The zero-order valence-corrected chi connectivity index (χ0v) is 11.1. The fraction of sp³-hybridized carbons (Fsp3) is 0.0588. The fourth-order valence-electron chi connectivity index (χ4n) is 2.37. The molecule has 0 N–H and O–H groups in total. The monoisotopic (exact) mass is 278 g/mol. The summed E-state index contributed by atoms with van der Waals surface area (Å²) in [5.41, 5.74) is 1.73. The Bertz CT molecular complexity index is 874. The first kappa shape index (κ1) is 13.1. The van der Waals surface area contributed by atoms with Gasteiger partial charge >= 0.3 is 0 Å². The molecule has 3 rings (SSSR count). The number of halogens is 1. The quantitative estimate of drug-likeness (QED) is 0.688. The van der Waals surface area contributed by atoms with E-state index >= 15 is 0 Å². The van der Waals surface area contributed by atoms with Crippen molar-refractivity contribution < 1.29 is 9.18 Å². The minimum Gasteiger partial charge on any atom is -0.340 e. The average Bonchev–Trinajstić information content (AvgIpc) is 2.90. The maximum Gasteiger partial charge on any atom is 0.182 e. The van der Waals surface area contributed by atoms with Gasteiger partial charge in [0, 0.05) is 22.7 Å². The smallest absolute Gasteiger partial charge is 0.182 e. The molecule has 3 aromatic rings. The Kier molecular flexibility index (Phi) is 3.25. The Morgan fingerprint density at radius 3 is 2.76 bits per heavy atom. The minimum atomic E-state index is -0.426. The molecular weight excluding hydrogens is 267 g/mol. The van der Waals surface area contributed by atoms with Crippen LogP contribution >= 0.6 is 0 Å². The lowest BCUT2D eigenvalue weighted by Gasteiger charge is -2.05. The first-order chi connectivity index (χ1) is 10.2. The zero-order chi connectivity index (χ0) is 14.8. The minimum absolute atomic E-state index is 0.113. The number of carbonyl (C=O) groups excluding carboxylic acids is 1. The van der Waals surface area contributed by atoms with Crippen LogP contribution in [0.25, 0.3) is 10.9 Å². The summed E-state index contributed by atoms with van der Waals surface area (Å²) in [6.07, 6.45) is 1.77. The molecule has 4 heteroatoms. The molecule has 0 saturated carbocycles. The molecule has 0 radical (unpaired) electrons. The Morgan fingerprint density at radius 2 is 2.00 bits per heavy atom. The van der Waals surface area contributed by atoms with E-state index in [1.807, 2.05) is 12.1 Å². The van der Waals surface area contributed by atoms with Gasteiger partial charge < -0.3 is 4.57 Å². The van der Waals surface area contributed by atoms with Crippen LogP contribution in [0.2, 0.25) is 0 Å². The van der Waals surface area contributed by atoms with E-state index in [1.165, 1.54) is 18.2 Å². The molecule has 0 aliphatic heterocycles. The van der Waals surface area contributed by atoms with Crippen LogP contribution in [-0.4, -0.2) is 10.4 Å². The molecule has 0 bridgehead atoms. The largest absolute Gasteiger partial charge is 0.340 e. The highest BCUT2D eigenvalue weighted by molar-refractivity contribution is 5.97. The van der Waals surface area contributed by atoms with E-state index < -0.39 is 5.82 Å². The van der Waals surface area contributed by atoms with Gasteiger partial charge in [-0.15, -0.1) is 0 Å². The number of nitrogens with zero attached hydrogens (tertiary/aromatic N) is 2. The third-order valence-electron chi connectivity index (χ3n) is 3.39. The van der Waals surface area contributed by atoms with E-state index in [2.05, 4.69) is 6.07 Å². The highest BCUT2D eigenvalue weighted by Crippen LogP contribution is 2.20. The topological polar surface area (TPSA) is 45.8 Å². The van der Waals surface area contributed by atoms with Crippen molar-refractivity contribution in [2.45, 2.75) is 6.54 Å². The predicted octanol–water partition coefficient (Wildman–Crippen LogP) is 3.53. The molecule has 0 saturated heterocycles. The van der Waals surface area contributed by atoms with E-state index in [1.54, 1.807) is 29.0 Å². The van der Waals surface area contributed by atoms with Gasteiger partial charge in [0.2, 0.25) is 0 Å². The molecule has 21 heavy (non-hydrogen) atoms. The van der Waals surface area contributed by atoms with Crippen LogP contribution in [0, 0.1) is 17.1 Å². The summed E-state index contributed by atoms with van der Waals surface area (Å²) < 4.78 is 14.9. The molecule has 1 heterocycles. The lowest BCUT2D eigenvalue weighted by atomic mass is 10.1. The maximum atomic E-state index is 13.2. The summed E-state index contributed by atoms with van der Waals surface area (Å²) in [6, 6.07) is 15.0. The lowest BCUT2D eigenvalue weighted by Crippen LogP contribution is -2.09. The molecule has 0 amide bonds. The molecule has 1 aromatic heterocycles. The van der Waals surface area contributed by atoms with Crippen LogP contribution in [-0.2, 0) is 6.54 Å². The van der Waals surface area contributed by atoms with Crippen molar-refractivity contribution in [3.63, 3.8) is 0 Å². The van der Waals surface area contributed by atoms with Crippen LogP contribution in [0.3, 0.4) is 0 Å². The van der Waals surface area contributed by atoms with Crippen molar-refractivity contribution in [1.82, 2.24) is 4.57 Å². The van der Waals surface area contributed by atoms with Crippen molar-refractivity contribution in [1.29, 1.82) is 5.26 Å². The second kappa shape index (κ2) is 5.22. The number of ketones is 1. The summed E-state index contributed by atoms with van der Waals surface area (Å²) in [5.74, 6) is -0.598. The molecule has 102 valence electrons. The Morgan fingerprint density at radius 1 is 1.19 bits per heavy atom. The van der Waals surface area contributed by atoms with Crippen molar-refractivity contribution in [2.75, 3.05) is 0 Å². The molecule has 0 fully saturated rings. The third kappa shape index (κ3) is 2.41. The second-order valence-corrected chi connectivity index (χ2v) is 4.73. The number of hydrogen-bond acceptors (Lipinski definition) is 2. The molecule has 3 nitrogen and oxygen atoms in total. The summed E-state index contributed by atoms with van der Waals surface area (Å²) in [7, 11) is 0. The van der Waals surface area contributed by atoms with E-state index in [-0.39, 0.29) is 12.3 Å². The fourth-order valence-corrected chi connectivity index (χ4v) is 2.37. The molecular formula is C17H11FN2O. The molecule has 0 spiro atoms. The number of Topliss-reactive ketones (excluding diaryl/α,β-unsaturated/α-hetero) is 1. The van der Waals surface area contributed by atoms with E-state index in [0.717, 1.165) is 10.9 Å². The van der Waals surface area contributed by atoms with Gasteiger partial charge in [0.1, 0.15) is 5.82 Å². The Hall–Kier alpha value is -2.93. The number of rotatable bonds is 3. The number of nitriles is 1. The number of fused-ring (bicyclic) bond motifs is 1. The van der Waals surface area contributed by atoms with Crippen molar-refractivity contribution >= 4 is 16.7 Å². The first-order valence-electron chi connectivity index (χ1n) is 6.46. The zero-order valence-electron chi connectivity index (χ0n) is 11.1. The normalized spacial score (nSPS) is 10.5. The second-order valence-electron chi connectivity index (χ2n) is 4.73. The van der Waals surface area contributed by atoms with E-state index in [0.29, 0.717) is 11.1 Å². The SMILES string of the molecule is N#Cc1cccc2c1ccn2CC(=O)c1cccc(F)c1. The number of hydrogen-bond donors (Lipinski definition) is 0. The number of benzene rings is 2. The molecule has 0 aliphatic rings. The molecule has 2 aromatic carbocycles. The highest BCUT2D eigenvalue weighted by Gasteiger charge is 2.11. The van der Waals surface area contributed by atoms with Crippen molar-refractivity contribution in [3.05, 3.63) is 71.7 Å². The van der Waals surface area contributed by atoms with Gasteiger partial charge in [-0.1, -0.05) is 18.2 Å². The van der Waals surface area contributed by atoms with Crippen molar-refractivity contribution in [2.24, 2.45) is 0 Å². The molecule has 0 aliphatic carbocycles. The van der Waals surface area contributed by atoms with Gasteiger partial charge in [0.15, 0.2) is 5.78 Å². The lowest BCUT2D eigenvalue weighted by molar-refractivity contribution is 0.0973. The van der Waals surface area contributed by atoms with Crippen LogP contribution < -0.4 is 0 Å². The van der Waals surface area contributed by atoms with Crippen LogP contribution in [0.4, 0.5) is 4.39 Å². The summed E-state index contributed by atoms with van der Waals surface area (Å²) in [5, 5.41) is 9.88. The van der Waals surface area contributed by atoms with Crippen LogP contribution in [0.5, 0.6) is 0 Å². The van der Waals surface area contributed by atoms with Gasteiger partial charge in [0.25, 0.3) is 0 Å². The highest BCUT2D eigenvalue weighted by atomic mass is 19.1. The van der Waals surface area contributed by atoms with Gasteiger partial charge in [0.05, 0.1) is 18.2 Å². The standard InChI is InChI=1S/C17H11FN2O/c18-14-5-1-3-12(9-14)17(21)11-20-8-7-15-13(10-19)4-2-6-16(15)20/h1-9H,11H2. The number of aromatic nitrogens is 1. The first-order valence-corrected chi connectivity index (χ1v) is 6.46. The third-order valence-corrected chi connectivity index (χ3v) is 3.39. The number of carbonyl (C=O) groups is 1. The van der Waals surface area contributed by atoms with Gasteiger partial charge in [-0.2, -0.15) is 5.26 Å². The average molecular weight is 278 g/mol. The van der Waals surface area contributed by atoms with Gasteiger partial charge in [-0.3, -0.25) is 4.79 Å².